The summed E-state index contributed by atoms with van der Waals surface area (Å²) in [6, 6.07) is 0. The van der Waals surface area contributed by atoms with Crippen LogP contribution in [0.15, 0.2) is 11.8 Å². The molecule has 30 heavy (non-hydrogen) atoms. The first-order valence-electron chi connectivity index (χ1n) is 11.9. The molecule has 4 rings (SSSR count). The van der Waals surface area contributed by atoms with Crippen molar-refractivity contribution in [2.75, 3.05) is 20.2 Å². The highest BCUT2D eigenvalue weighted by Crippen LogP contribution is 2.66. The SMILES string of the molecule is CNCCCONC1=CC2C(C(N)=O)C[C@@H]3[C@@H](CC[C@]4(C)C(=O)CC[C@@H]34)[C@@]2(C)CC1. The number of hydrogen-bond acceptors (Lipinski definition) is 5. The topological polar surface area (TPSA) is 93.4 Å². The molecule has 0 spiro atoms. The van der Waals surface area contributed by atoms with Crippen LogP contribution < -0.4 is 16.5 Å². The first kappa shape index (κ1) is 21.8. The predicted molar refractivity (Wildman–Crippen MR) is 116 cm³/mol. The second-order valence-corrected chi connectivity index (χ2v) is 10.7. The number of hydrogen-bond donors (Lipinski definition) is 3. The molecular formula is C24H39N3O3. The van der Waals surface area contributed by atoms with Gasteiger partial charge in [-0.3, -0.25) is 19.9 Å². The zero-order valence-electron chi connectivity index (χ0n) is 18.8. The molecule has 6 heteroatoms. The van der Waals surface area contributed by atoms with Gasteiger partial charge in [0.1, 0.15) is 5.78 Å². The van der Waals surface area contributed by atoms with Crippen LogP contribution in [0.2, 0.25) is 0 Å². The van der Waals surface area contributed by atoms with E-state index in [1.807, 2.05) is 7.05 Å². The van der Waals surface area contributed by atoms with E-state index in [1.165, 1.54) is 0 Å². The summed E-state index contributed by atoms with van der Waals surface area (Å²) in [5.41, 5.74) is 10.1. The normalized spacial score (nSPS) is 42.7. The number of carbonyl (C=O) groups excluding carboxylic acids is 2. The molecule has 1 amide bonds. The Balaban J connectivity index is 1.55. The van der Waals surface area contributed by atoms with Crippen LogP contribution in [-0.4, -0.2) is 31.9 Å². The fraction of sp³-hybridized carbons (Fsp3) is 0.833. The van der Waals surface area contributed by atoms with E-state index in [1.54, 1.807) is 0 Å². The van der Waals surface area contributed by atoms with Gasteiger partial charge in [-0.15, -0.1) is 0 Å². The van der Waals surface area contributed by atoms with E-state index >= 15 is 0 Å². The average Bonchev–Trinajstić information content (AvgIpc) is 3.02. The Bertz CT molecular complexity index is 722. The summed E-state index contributed by atoms with van der Waals surface area (Å²) in [4.78, 5) is 30.9. The molecule has 7 atom stereocenters. The molecule has 0 aliphatic heterocycles. The second kappa shape index (κ2) is 8.27. The van der Waals surface area contributed by atoms with Crippen LogP contribution in [0.4, 0.5) is 0 Å². The van der Waals surface area contributed by atoms with E-state index in [0.717, 1.165) is 57.2 Å². The third-order valence-electron chi connectivity index (χ3n) is 9.27. The number of nitrogens with one attached hydrogen (secondary N) is 2. The van der Waals surface area contributed by atoms with Gasteiger partial charge in [0.05, 0.1) is 6.61 Å². The van der Waals surface area contributed by atoms with Gasteiger partial charge in [-0.05, 0) is 87.6 Å². The zero-order chi connectivity index (χ0) is 21.5. The van der Waals surface area contributed by atoms with Gasteiger partial charge in [-0.2, -0.15) is 0 Å². The van der Waals surface area contributed by atoms with Gasteiger partial charge in [0.25, 0.3) is 0 Å². The number of hydroxylamine groups is 1. The lowest BCUT2D eigenvalue weighted by Gasteiger charge is -2.60. The molecule has 4 N–H and O–H groups in total. The lowest BCUT2D eigenvalue weighted by molar-refractivity contribution is -0.147. The summed E-state index contributed by atoms with van der Waals surface area (Å²) < 4.78 is 0. The number of ketones is 1. The van der Waals surface area contributed by atoms with Crippen LogP contribution in [-0.2, 0) is 14.4 Å². The van der Waals surface area contributed by atoms with Crippen LogP contribution >= 0.6 is 0 Å². The van der Waals surface area contributed by atoms with E-state index in [2.05, 4.69) is 30.7 Å². The maximum atomic E-state index is 12.7. The van der Waals surface area contributed by atoms with Crippen LogP contribution in [0.5, 0.6) is 0 Å². The van der Waals surface area contributed by atoms with Crippen molar-refractivity contribution in [1.82, 2.24) is 10.8 Å². The monoisotopic (exact) mass is 417 g/mol. The van der Waals surface area contributed by atoms with Crippen LogP contribution in [0.1, 0.15) is 65.2 Å². The predicted octanol–water partition coefficient (Wildman–Crippen LogP) is 2.93. The van der Waals surface area contributed by atoms with Crippen molar-refractivity contribution in [1.29, 1.82) is 0 Å². The highest BCUT2D eigenvalue weighted by atomic mass is 16.6. The standard InChI is InChI=1S/C24H39N3O3/c1-23-9-7-15(27-30-12-4-11-26-3)13-20(23)17(22(25)29)14-16-18-5-6-21(28)24(18,2)10-8-19(16)23/h13,16-20,26-27H,4-12,14H2,1-3H3,(H2,25,29)/t16-,17?,18-,19+,20?,23+,24-/m0/s1. The summed E-state index contributed by atoms with van der Waals surface area (Å²) in [6.07, 6.45) is 9.82. The Morgan fingerprint density at radius 3 is 2.77 bits per heavy atom. The fourth-order valence-corrected chi connectivity index (χ4v) is 7.56. The molecule has 4 aliphatic rings. The van der Waals surface area contributed by atoms with Gasteiger partial charge >= 0.3 is 0 Å². The van der Waals surface area contributed by atoms with Gasteiger partial charge in [-0.25, -0.2) is 0 Å². The number of primary amides is 1. The molecule has 4 aliphatic carbocycles. The third-order valence-corrected chi connectivity index (χ3v) is 9.27. The minimum absolute atomic E-state index is 0.0624. The molecule has 0 saturated heterocycles. The van der Waals surface area contributed by atoms with E-state index in [4.69, 9.17) is 10.6 Å². The molecule has 0 bridgehead atoms. The Morgan fingerprint density at radius 2 is 2.03 bits per heavy atom. The zero-order valence-corrected chi connectivity index (χ0v) is 18.8. The summed E-state index contributed by atoms with van der Waals surface area (Å²) in [5, 5.41) is 3.12. The van der Waals surface area contributed by atoms with Crippen LogP contribution in [0, 0.1) is 40.4 Å². The smallest absolute Gasteiger partial charge is 0.221 e. The van der Waals surface area contributed by atoms with Gasteiger partial charge in [0.15, 0.2) is 0 Å². The molecule has 0 radical (unpaired) electrons. The van der Waals surface area contributed by atoms with Gasteiger partial charge in [-0.1, -0.05) is 19.9 Å². The maximum Gasteiger partial charge on any atom is 0.221 e. The number of allylic oxidation sites excluding steroid dienone is 2. The number of Topliss-reactive ketones (excluding diaryl/α,β-unsaturated/α-hetero) is 1. The Labute approximate surface area is 180 Å². The van der Waals surface area contributed by atoms with Crippen molar-refractivity contribution in [3.63, 3.8) is 0 Å². The minimum atomic E-state index is -0.186. The molecule has 0 aromatic rings. The Morgan fingerprint density at radius 1 is 1.23 bits per heavy atom. The molecule has 6 nitrogen and oxygen atoms in total. The summed E-state index contributed by atoms with van der Waals surface area (Å²) in [6.45, 7) is 6.14. The molecule has 0 aromatic carbocycles. The Hall–Kier alpha value is -1.40. The average molecular weight is 418 g/mol. The number of carbonyl (C=O) groups is 2. The van der Waals surface area contributed by atoms with Crippen molar-refractivity contribution in [3.05, 3.63) is 11.8 Å². The van der Waals surface area contributed by atoms with E-state index in [9.17, 15) is 9.59 Å². The van der Waals surface area contributed by atoms with E-state index in [0.29, 0.717) is 36.6 Å². The molecule has 3 fully saturated rings. The highest BCUT2D eigenvalue weighted by Gasteiger charge is 2.62. The maximum absolute atomic E-state index is 12.7. The molecule has 168 valence electrons. The molecule has 0 aromatic heterocycles. The summed E-state index contributed by atoms with van der Waals surface area (Å²) in [5.74, 6) is 1.67. The quantitative estimate of drug-likeness (QED) is 0.437. The second-order valence-electron chi connectivity index (χ2n) is 10.7. The number of rotatable bonds is 7. The number of amides is 1. The fourth-order valence-electron chi connectivity index (χ4n) is 7.56. The summed E-state index contributed by atoms with van der Waals surface area (Å²) >= 11 is 0. The first-order valence-corrected chi connectivity index (χ1v) is 11.9. The van der Waals surface area contributed by atoms with Gasteiger partial charge in [0.2, 0.25) is 5.91 Å². The molecule has 3 saturated carbocycles. The third kappa shape index (κ3) is 3.50. The van der Waals surface area contributed by atoms with Crippen molar-refractivity contribution in [2.24, 2.45) is 46.2 Å². The lowest BCUT2D eigenvalue weighted by atomic mass is 9.44. The summed E-state index contributed by atoms with van der Waals surface area (Å²) in [7, 11) is 1.94. The van der Waals surface area contributed by atoms with Crippen LogP contribution in [0.3, 0.4) is 0 Å². The van der Waals surface area contributed by atoms with Crippen LogP contribution in [0.25, 0.3) is 0 Å². The Kier molecular flexibility index (Phi) is 6.01. The van der Waals surface area contributed by atoms with Crippen molar-refractivity contribution in [3.8, 4) is 0 Å². The van der Waals surface area contributed by atoms with E-state index < -0.39 is 0 Å². The number of fused-ring (bicyclic) bond motifs is 5. The first-order chi connectivity index (χ1) is 14.3. The van der Waals surface area contributed by atoms with Crippen molar-refractivity contribution < 1.29 is 14.4 Å². The number of nitrogens with two attached hydrogens (primary N) is 1. The lowest BCUT2D eigenvalue weighted by Crippen LogP contribution is -2.57. The molecular weight excluding hydrogens is 378 g/mol. The van der Waals surface area contributed by atoms with Crippen molar-refractivity contribution in [2.45, 2.75) is 65.2 Å². The molecule has 2 unspecified atom stereocenters. The molecule has 0 heterocycles. The van der Waals surface area contributed by atoms with Crippen molar-refractivity contribution >= 4 is 11.7 Å². The minimum Gasteiger partial charge on any atom is -0.369 e. The van der Waals surface area contributed by atoms with Gasteiger partial charge in [0, 0.05) is 23.5 Å². The largest absolute Gasteiger partial charge is 0.369 e. The van der Waals surface area contributed by atoms with E-state index in [-0.39, 0.29) is 28.6 Å². The highest BCUT2D eigenvalue weighted by molar-refractivity contribution is 5.87. The van der Waals surface area contributed by atoms with Gasteiger partial charge < -0.3 is 11.1 Å².